The van der Waals surface area contributed by atoms with E-state index in [4.69, 9.17) is 25.8 Å². The van der Waals surface area contributed by atoms with Gasteiger partial charge in [-0.1, -0.05) is 35.9 Å². The molecule has 1 aliphatic heterocycles. The van der Waals surface area contributed by atoms with E-state index in [0.29, 0.717) is 82.2 Å². The summed E-state index contributed by atoms with van der Waals surface area (Å²) in [6, 6.07) is 11.3. The van der Waals surface area contributed by atoms with Gasteiger partial charge in [-0.05, 0) is 30.2 Å². The van der Waals surface area contributed by atoms with Crippen molar-refractivity contribution in [2.75, 3.05) is 47.5 Å². The summed E-state index contributed by atoms with van der Waals surface area (Å²) < 4.78 is 18.1. The first kappa shape index (κ1) is 27.9. The van der Waals surface area contributed by atoms with Gasteiger partial charge < -0.3 is 19.1 Å². The number of fused-ring (bicyclic) bond motifs is 1. The Kier molecular flexibility index (Phi) is 8.30. The minimum atomic E-state index is -0.175. The molecule has 1 fully saturated rings. The first-order valence-electron chi connectivity index (χ1n) is 12.9. The van der Waals surface area contributed by atoms with Crippen molar-refractivity contribution in [3.8, 4) is 17.2 Å². The van der Waals surface area contributed by atoms with Gasteiger partial charge in [0.25, 0.3) is 11.5 Å². The predicted molar refractivity (Wildman–Crippen MR) is 156 cm³/mol. The van der Waals surface area contributed by atoms with Crippen molar-refractivity contribution in [2.24, 2.45) is 0 Å². The van der Waals surface area contributed by atoms with E-state index in [0.717, 1.165) is 11.1 Å². The second-order valence-corrected chi connectivity index (χ2v) is 11.0. The van der Waals surface area contributed by atoms with E-state index < -0.39 is 0 Å². The van der Waals surface area contributed by atoms with Crippen LogP contribution >= 0.6 is 22.9 Å². The summed E-state index contributed by atoms with van der Waals surface area (Å²) in [5.74, 6) is 1.76. The molecule has 3 heterocycles. The molecule has 1 aliphatic rings. The average Bonchev–Trinajstić information content (AvgIpc) is 3.31. The van der Waals surface area contributed by atoms with Gasteiger partial charge in [-0.3, -0.25) is 19.1 Å². The van der Waals surface area contributed by atoms with Gasteiger partial charge in [0.05, 0.1) is 44.5 Å². The number of thiophene rings is 1. The number of methoxy groups -OCH3 is 3. The zero-order valence-corrected chi connectivity index (χ0v) is 24.5. The molecule has 0 radical (unpaired) electrons. The summed E-state index contributed by atoms with van der Waals surface area (Å²) in [5, 5.41) is 1.08. The second-order valence-electron chi connectivity index (χ2n) is 9.57. The normalized spacial score (nSPS) is 14.0. The maximum Gasteiger partial charge on any atom is 0.264 e. The van der Waals surface area contributed by atoms with Crippen molar-refractivity contribution in [1.82, 2.24) is 19.4 Å². The molecule has 2 aromatic carbocycles. The highest BCUT2D eigenvalue weighted by molar-refractivity contribution is 7.20. The summed E-state index contributed by atoms with van der Waals surface area (Å²) in [7, 11) is 4.80. The Morgan fingerprint density at radius 1 is 0.950 bits per heavy atom. The summed E-state index contributed by atoms with van der Waals surface area (Å²) >= 11 is 7.58. The van der Waals surface area contributed by atoms with Crippen LogP contribution in [0.3, 0.4) is 0 Å². The smallest absolute Gasteiger partial charge is 0.264 e. The van der Waals surface area contributed by atoms with Gasteiger partial charge in [0.2, 0.25) is 5.75 Å². The lowest BCUT2D eigenvalue weighted by atomic mass is 10.1. The van der Waals surface area contributed by atoms with E-state index >= 15 is 0 Å². The van der Waals surface area contributed by atoms with Crippen LogP contribution in [0.5, 0.6) is 17.2 Å². The Morgan fingerprint density at radius 3 is 2.35 bits per heavy atom. The predicted octanol–water partition coefficient (Wildman–Crippen LogP) is 4.45. The van der Waals surface area contributed by atoms with Crippen LogP contribution in [0.2, 0.25) is 5.02 Å². The number of hydrogen-bond acceptors (Lipinski definition) is 8. The standard InChI is InChI=1S/C29H31ClN4O5S/c1-18-23-27(31-17-34(28(23)35)16-19-7-5-6-8-21(19)30)40-26(18)29(36)33-13-11-32(12-14-33)15-20-9-10-22(37-2)25(39-4)24(20)38-3/h5-10,17H,11-16H2,1-4H3. The highest BCUT2D eigenvalue weighted by Crippen LogP contribution is 2.40. The Balaban J connectivity index is 1.30. The fourth-order valence-electron chi connectivity index (χ4n) is 5.07. The molecule has 0 N–H and O–H groups in total. The summed E-state index contributed by atoms with van der Waals surface area (Å²) in [6.45, 7) is 5.36. The number of hydrogen-bond donors (Lipinski definition) is 0. The number of rotatable bonds is 8. The molecule has 1 amide bonds. The van der Waals surface area contributed by atoms with Gasteiger partial charge in [0.1, 0.15) is 4.83 Å². The highest BCUT2D eigenvalue weighted by Gasteiger charge is 2.28. The third kappa shape index (κ3) is 5.26. The van der Waals surface area contributed by atoms with Crippen LogP contribution in [-0.2, 0) is 13.1 Å². The number of piperazine rings is 1. The first-order valence-corrected chi connectivity index (χ1v) is 14.1. The molecule has 2 aromatic heterocycles. The number of aryl methyl sites for hydroxylation is 1. The molecule has 0 spiro atoms. The monoisotopic (exact) mass is 582 g/mol. The van der Waals surface area contributed by atoms with Crippen molar-refractivity contribution in [3.05, 3.63) is 79.7 Å². The van der Waals surface area contributed by atoms with Gasteiger partial charge in [-0.2, -0.15) is 0 Å². The van der Waals surface area contributed by atoms with E-state index in [1.54, 1.807) is 32.0 Å². The Hall–Kier alpha value is -3.60. The van der Waals surface area contributed by atoms with Crippen molar-refractivity contribution in [2.45, 2.75) is 20.0 Å². The third-order valence-corrected chi connectivity index (χ3v) is 8.81. The maximum absolute atomic E-state index is 13.6. The molecule has 1 saturated heterocycles. The fourth-order valence-corrected chi connectivity index (χ4v) is 6.37. The first-order chi connectivity index (χ1) is 19.4. The third-order valence-electron chi connectivity index (χ3n) is 7.25. The SMILES string of the molecule is COc1ccc(CN2CCN(C(=O)c3sc4ncn(Cc5ccccc5Cl)c(=O)c4c3C)CC2)c(OC)c1OC. The number of ether oxygens (including phenoxy) is 3. The van der Waals surface area contributed by atoms with Gasteiger partial charge in [0, 0.05) is 43.3 Å². The minimum Gasteiger partial charge on any atom is -0.493 e. The lowest BCUT2D eigenvalue weighted by Gasteiger charge is -2.35. The Labute approximate surface area is 241 Å². The van der Waals surface area contributed by atoms with E-state index in [1.807, 2.05) is 42.2 Å². The molecule has 40 heavy (non-hydrogen) atoms. The van der Waals surface area contributed by atoms with E-state index in [1.165, 1.54) is 17.7 Å². The van der Waals surface area contributed by atoms with Gasteiger partial charge >= 0.3 is 0 Å². The van der Waals surface area contributed by atoms with Crippen molar-refractivity contribution >= 4 is 39.1 Å². The lowest BCUT2D eigenvalue weighted by Crippen LogP contribution is -2.48. The van der Waals surface area contributed by atoms with E-state index in [-0.39, 0.29) is 11.5 Å². The van der Waals surface area contributed by atoms with Crippen LogP contribution < -0.4 is 19.8 Å². The molecular weight excluding hydrogens is 552 g/mol. The molecule has 0 saturated carbocycles. The summed E-state index contributed by atoms with van der Waals surface area (Å²) in [4.78, 5) is 36.7. The Morgan fingerprint density at radius 2 is 1.68 bits per heavy atom. The van der Waals surface area contributed by atoms with Crippen molar-refractivity contribution < 1.29 is 19.0 Å². The van der Waals surface area contributed by atoms with Crippen LogP contribution in [0.4, 0.5) is 0 Å². The quantitative estimate of drug-likeness (QED) is 0.303. The van der Waals surface area contributed by atoms with Crippen LogP contribution in [0.25, 0.3) is 10.2 Å². The van der Waals surface area contributed by atoms with E-state index in [9.17, 15) is 9.59 Å². The molecule has 0 atom stereocenters. The number of amides is 1. The molecule has 11 heteroatoms. The van der Waals surface area contributed by atoms with Crippen LogP contribution in [0.15, 0.2) is 47.5 Å². The van der Waals surface area contributed by atoms with Crippen LogP contribution in [0, 0.1) is 6.92 Å². The molecule has 9 nitrogen and oxygen atoms in total. The largest absolute Gasteiger partial charge is 0.493 e. The Bertz CT molecular complexity index is 1610. The van der Waals surface area contributed by atoms with Gasteiger partial charge in [-0.25, -0.2) is 4.98 Å². The van der Waals surface area contributed by atoms with Crippen LogP contribution in [-0.4, -0.2) is 72.8 Å². The molecule has 0 aliphatic carbocycles. The van der Waals surface area contributed by atoms with Crippen LogP contribution in [0.1, 0.15) is 26.4 Å². The number of halogens is 1. The van der Waals surface area contributed by atoms with Gasteiger partial charge in [0.15, 0.2) is 11.5 Å². The number of carbonyl (C=O) groups is 1. The number of benzene rings is 2. The molecule has 0 unspecified atom stereocenters. The van der Waals surface area contributed by atoms with Crippen molar-refractivity contribution in [1.29, 1.82) is 0 Å². The molecule has 5 rings (SSSR count). The molecule has 4 aromatic rings. The number of nitrogens with zero attached hydrogens (tertiary/aromatic N) is 4. The molecule has 210 valence electrons. The van der Waals surface area contributed by atoms with Gasteiger partial charge in [-0.15, -0.1) is 11.3 Å². The summed E-state index contributed by atoms with van der Waals surface area (Å²) in [5.41, 5.74) is 2.32. The zero-order valence-electron chi connectivity index (χ0n) is 22.9. The fraction of sp³-hybridized carbons (Fsp3) is 0.345. The second kappa shape index (κ2) is 11.9. The topological polar surface area (TPSA) is 86.1 Å². The van der Waals surface area contributed by atoms with Crippen molar-refractivity contribution in [3.63, 3.8) is 0 Å². The average molecular weight is 583 g/mol. The summed E-state index contributed by atoms with van der Waals surface area (Å²) in [6.07, 6.45) is 1.53. The lowest BCUT2D eigenvalue weighted by molar-refractivity contribution is 0.0631. The number of aromatic nitrogens is 2. The van der Waals surface area contributed by atoms with E-state index in [2.05, 4.69) is 9.88 Å². The minimum absolute atomic E-state index is 0.0686. The molecule has 0 bridgehead atoms. The highest BCUT2D eigenvalue weighted by atomic mass is 35.5. The zero-order chi connectivity index (χ0) is 28.4. The number of carbonyl (C=O) groups excluding carboxylic acids is 1. The molecular formula is C29H31ClN4O5S. The maximum atomic E-state index is 13.6.